The van der Waals surface area contributed by atoms with Gasteiger partial charge in [0.05, 0.1) is 11.6 Å². The van der Waals surface area contributed by atoms with Gasteiger partial charge in [-0.3, -0.25) is 4.99 Å². The summed E-state index contributed by atoms with van der Waals surface area (Å²) < 4.78 is 6.78. The van der Waals surface area contributed by atoms with Crippen LogP contribution in [-0.4, -0.2) is 11.9 Å². The van der Waals surface area contributed by atoms with Crippen molar-refractivity contribution in [1.29, 1.82) is 0 Å². The van der Waals surface area contributed by atoms with Crippen LogP contribution in [0.4, 0.5) is 11.4 Å². The molecule has 1 atom stereocenters. The lowest BCUT2D eigenvalue weighted by Crippen LogP contribution is -2.56. The summed E-state index contributed by atoms with van der Waals surface area (Å²) >= 11 is 0. The maximum Gasteiger partial charge on any atom is 0.226 e. The Labute approximate surface area is 186 Å². The molecular weight excluding hydrogens is 380 g/mol. The summed E-state index contributed by atoms with van der Waals surface area (Å²) in [6, 6.07) is 8.30. The summed E-state index contributed by atoms with van der Waals surface area (Å²) in [7, 11) is 0. The Morgan fingerprint density at radius 3 is 2.13 bits per heavy atom. The van der Waals surface area contributed by atoms with Crippen LogP contribution in [0.2, 0.25) is 0 Å². The fourth-order valence-electron chi connectivity index (χ4n) is 4.38. The number of benzene rings is 2. The highest BCUT2D eigenvalue weighted by molar-refractivity contribution is 5.95. The van der Waals surface area contributed by atoms with Crippen LogP contribution in [0, 0.1) is 0 Å². The Balaban J connectivity index is 0.00000132. The smallest absolute Gasteiger partial charge is 0.226 e. The maximum absolute atomic E-state index is 6.78. The van der Waals surface area contributed by atoms with Gasteiger partial charge in [-0.15, -0.1) is 0 Å². The third-order valence-electron chi connectivity index (χ3n) is 6.02. The van der Waals surface area contributed by atoms with Crippen molar-refractivity contribution in [3.8, 4) is 5.75 Å². The van der Waals surface area contributed by atoms with Crippen molar-refractivity contribution >= 4 is 41.9 Å². The van der Waals surface area contributed by atoms with Gasteiger partial charge in [-0.05, 0) is 43.5 Å². The molecule has 0 radical (unpaired) electrons. The Hall–Kier alpha value is -3.33. The molecule has 2 aliphatic heterocycles. The number of ether oxygens (including phenoxy) is 1. The van der Waals surface area contributed by atoms with Crippen molar-refractivity contribution in [3.05, 3.63) is 77.9 Å². The van der Waals surface area contributed by atoms with E-state index in [-0.39, 0.29) is 5.41 Å². The van der Waals surface area contributed by atoms with Gasteiger partial charge in [-0.25, -0.2) is 0 Å². The van der Waals surface area contributed by atoms with E-state index in [0.717, 1.165) is 33.6 Å². The second-order valence-corrected chi connectivity index (χ2v) is 7.84. The number of aliphatic imine (C=N–C) groups is 1. The molecule has 2 heterocycles. The minimum absolute atomic E-state index is 0.324. The number of para-hydroxylation sites is 1. The van der Waals surface area contributed by atoms with E-state index in [0.29, 0.717) is 5.75 Å². The number of allylic oxidation sites excluding steroid dienone is 1. The molecule has 2 aliphatic rings. The Morgan fingerprint density at radius 2 is 1.55 bits per heavy atom. The predicted octanol–water partition coefficient (Wildman–Crippen LogP) is 7.87. The molecule has 2 aromatic rings. The number of rotatable bonds is 4. The molecule has 31 heavy (non-hydrogen) atoms. The van der Waals surface area contributed by atoms with Gasteiger partial charge in [0.15, 0.2) is 5.75 Å². The van der Waals surface area contributed by atoms with Gasteiger partial charge in [0, 0.05) is 16.8 Å². The minimum atomic E-state index is -0.789. The van der Waals surface area contributed by atoms with E-state index < -0.39 is 5.72 Å². The zero-order chi connectivity index (χ0) is 22.8. The highest BCUT2D eigenvalue weighted by atomic mass is 16.5. The highest BCUT2D eigenvalue weighted by Gasteiger charge is 2.55. The largest absolute Gasteiger partial charge is 0.459 e. The molecule has 0 saturated heterocycles. The summed E-state index contributed by atoms with van der Waals surface area (Å²) in [5.74, 6) is 0.712. The fourth-order valence-corrected chi connectivity index (χ4v) is 4.38. The molecule has 3 heteroatoms. The van der Waals surface area contributed by atoms with Crippen LogP contribution in [-0.2, 0) is 5.41 Å². The van der Waals surface area contributed by atoms with Crippen molar-refractivity contribution in [2.45, 2.75) is 45.8 Å². The van der Waals surface area contributed by atoms with Crippen LogP contribution in [0.15, 0.2) is 55.1 Å². The number of anilines is 1. The summed E-state index contributed by atoms with van der Waals surface area (Å²) in [6.07, 6.45) is 11.4. The van der Waals surface area contributed by atoms with Crippen LogP contribution in [0.3, 0.4) is 0 Å². The van der Waals surface area contributed by atoms with Gasteiger partial charge >= 0.3 is 0 Å². The van der Waals surface area contributed by atoms with Gasteiger partial charge in [0.25, 0.3) is 0 Å². The van der Waals surface area contributed by atoms with Gasteiger partial charge < -0.3 is 10.1 Å². The number of fused-ring (bicyclic) bond motifs is 2. The fraction of sp³-hybridized carbons (Fsp3) is 0.250. The minimum Gasteiger partial charge on any atom is -0.459 e. The molecule has 1 unspecified atom stereocenters. The molecule has 160 valence electrons. The van der Waals surface area contributed by atoms with E-state index in [1.807, 2.05) is 63.4 Å². The molecule has 0 aromatic heterocycles. The maximum atomic E-state index is 6.78. The van der Waals surface area contributed by atoms with Crippen LogP contribution >= 0.6 is 0 Å². The second-order valence-electron chi connectivity index (χ2n) is 7.84. The number of nitrogens with zero attached hydrogens (tertiary/aromatic N) is 1. The first-order chi connectivity index (χ1) is 14.9. The summed E-state index contributed by atoms with van der Waals surface area (Å²) in [5, 5.41) is 3.58. The van der Waals surface area contributed by atoms with Gasteiger partial charge in [0.1, 0.15) is 5.69 Å². The first kappa shape index (κ1) is 22.4. The molecule has 4 rings (SSSR count). The lowest BCUT2D eigenvalue weighted by molar-refractivity contribution is 0.106. The lowest BCUT2D eigenvalue weighted by Gasteiger charge is -2.41. The zero-order valence-electron chi connectivity index (χ0n) is 19.3. The van der Waals surface area contributed by atoms with Crippen LogP contribution in [0.5, 0.6) is 5.75 Å². The Bertz CT molecular complexity index is 1100. The molecule has 0 fully saturated rings. The predicted molar refractivity (Wildman–Crippen MR) is 137 cm³/mol. The van der Waals surface area contributed by atoms with Gasteiger partial charge in [-0.2, -0.15) is 0 Å². The van der Waals surface area contributed by atoms with Crippen LogP contribution in [0.25, 0.3) is 24.3 Å². The van der Waals surface area contributed by atoms with Crippen molar-refractivity contribution in [1.82, 2.24) is 0 Å². The molecule has 0 saturated carbocycles. The third-order valence-corrected chi connectivity index (χ3v) is 6.02. The van der Waals surface area contributed by atoms with Gasteiger partial charge in [-0.1, -0.05) is 82.2 Å². The molecule has 0 aliphatic carbocycles. The summed E-state index contributed by atoms with van der Waals surface area (Å²) in [6.45, 7) is 22.4. The second kappa shape index (κ2) is 8.43. The monoisotopic (exact) mass is 412 g/mol. The van der Waals surface area contributed by atoms with Crippen molar-refractivity contribution in [2.24, 2.45) is 4.99 Å². The highest BCUT2D eigenvalue weighted by Crippen LogP contribution is 2.53. The van der Waals surface area contributed by atoms with E-state index >= 15 is 0 Å². The Morgan fingerprint density at radius 1 is 0.935 bits per heavy atom. The SMILES string of the molecule is C=Cc1c(C=C)c(/C=C\C)c2c(c1C=C)OC1(C=N2)Nc2ccccc2C1(C)C.CC. The van der Waals surface area contributed by atoms with Crippen molar-refractivity contribution in [2.75, 3.05) is 5.32 Å². The van der Waals surface area contributed by atoms with Crippen molar-refractivity contribution < 1.29 is 4.74 Å². The number of hydrogen-bond acceptors (Lipinski definition) is 3. The molecule has 1 spiro atoms. The van der Waals surface area contributed by atoms with Crippen LogP contribution in [0.1, 0.15) is 62.4 Å². The number of nitrogens with one attached hydrogen (secondary N) is 1. The standard InChI is InChI=1S/C26H26N2O.C2H6/c1-7-13-20-18(9-3)17(8-2)19(10-4)24-23(20)27-16-26(29-24)25(5,6)21-14-11-12-15-22(21)28-26;1-2/h7-16,28H,2-4H2,1,5-6H3;1-2H3/b13-7-;. The van der Waals surface area contributed by atoms with E-state index in [1.54, 1.807) is 0 Å². The molecule has 3 nitrogen and oxygen atoms in total. The normalized spacial score (nSPS) is 19.5. The number of hydrogen-bond donors (Lipinski definition) is 1. The quantitative estimate of drug-likeness (QED) is 0.554. The molecule has 0 bridgehead atoms. The van der Waals surface area contributed by atoms with E-state index in [9.17, 15) is 0 Å². The third kappa shape index (κ3) is 3.16. The molecule has 2 aromatic carbocycles. The van der Waals surface area contributed by atoms with E-state index in [4.69, 9.17) is 9.73 Å². The Kier molecular flexibility index (Phi) is 6.08. The first-order valence-electron chi connectivity index (χ1n) is 10.8. The molecular formula is C28H32N2O. The first-order valence-corrected chi connectivity index (χ1v) is 10.8. The van der Waals surface area contributed by atoms with Gasteiger partial charge in [0.2, 0.25) is 5.72 Å². The average molecular weight is 413 g/mol. The summed E-state index contributed by atoms with van der Waals surface area (Å²) in [5.41, 5.74) is 5.71. The van der Waals surface area contributed by atoms with Crippen molar-refractivity contribution in [3.63, 3.8) is 0 Å². The molecule has 0 amide bonds. The van der Waals surface area contributed by atoms with Crippen LogP contribution < -0.4 is 10.1 Å². The topological polar surface area (TPSA) is 33.6 Å². The van der Waals surface area contributed by atoms with E-state index in [1.165, 1.54) is 5.56 Å². The lowest BCUT2D eigenvalue weighted by atomic mass is 9.77. The average Bonchev–Trinajstić information content (AvgIpc) is 3.00. The molecule has 1 N–H and O–H groups in total. The zero-order valence-corrected chi connectivity index (χ0v) is 19.3. The van der Waals surface area contributed by atoms with E-state index in [2.05, 4.69) is 57.1 Å². The summed E-state index contributed by atoms with van der Waals surface area (Å²) in [4.78, 5) is 4.92.